The highest BCUT2D eigenvalue weighted by Gasteiger charge is 2.35. The molecule has 1 aliphatic heterocycles. The highest BCUT2D eigenvalue weighted by atomic mass is 32.2. The molecule has 0 bridgehead atoms. The average molecular weight is 513 g/mol. The van der Waals surface area contributed by atoms with Gasteiger partial charge in [0.05, 0.1) is 21.6 Å². The summed E-state index contributed by atoms with van der Waals surface area (Å²) in [5, 5.41) is 0. The van der Waals surface area contributed by atoms with Crippen molar-refractivity contribution in [1.82, 2.24) is 9.55 Å². The molecule has 38 heavy (non-hydrogen) atoms. The molecular formula is C33H24N2O2S. The minimum absolute atomic E-state index is 0.316. The maximum Gasteiger partial charge on any atom is 0.211 e. The first-order valence-electron chi connectivity index (χ1n) is 12.7. The summed E-state index contributed by atoms with van der Waals surface area (Å²) in [6.45, 7) is 2.05. The quantitative estimate of drug-likeness (QED) is 0.242. The fraction of sp³-hybridized carbons (Fsp3) is 0.0606. The Morgan fingerprint density at radius 2 is 1.24 bits per heavy atom. The molecule has 0 aliphatic carbocycles. The highest BCUT2D eigenvalue weighted by molar-refractivity contribution is 7.92. The zero-order valence-electron chi connectivity index (χ0n) is 20.8. The van der Waals surface area contributed by atoms with Crippen LogP contribution in [0.5, 0.6) is 0 Å². The largest absolute Gasteiger partial charge is 0.294 e. The number of sulfone groups is 1. The molecule has 2 heterocycles. The average Bonchev–Trinajstić information content (AvgIpc) is 3.35. The summed E-state index contributed by atoms with van der Waals surface area (Å²) >= 11 is 0. The summed E-state index contributed by atoms with van der Waals surface area (Å²) in [6, 6.07) is 37.9. The molecule has 0 unspecified atom stereocenters. The monoisotopic (exact) mass is 512 g/mol. The van der Waals surface area contributed by atoms with E-state index in [1.807, 2.05) is 72.2 Å². The normalized spacial score (nSPS) is 13.4. The van der Waals surface area contributed by atoms with E-state index in [9.17, 15) is 8.42 Å². The fourth-order valence-corrected chi connectivity index (χ4v) is 7.38. The van der Waals surface area contributed by atoms with Crippen molar-refractivity contribution in [3.05, 3.63) is 121 Å². The number of para-hydroxylation sites is 1. The number of nitrogens with zero attached hydrogens (tertiary/aromatic N) is 2. The Hall–Kier alpha value is -4.48. The third kappa shape index (κ3) is 3.36. The van der Waals surface area contributed by atoms with E-state index in [0.717, 1.165) is 33.6 Å². The van der Waals surface area contributed by atoms with E-state index in [-0.39, 0.29) is 0 Å². The van der Waals surface area contributed by atoms with Gasteiger partial charge in [0, 0.05) is 12.0 Å². The van der Waals surface area contributed by atoms with Gasteiger partial charge in [-0.05, 0) is 64.2 Å². The molecule has 1 aliphatic rings. The SMILES string of the molecule is CCc1nc2ccc(-c3cc(-c4ccccc4)cc(-c4ccccc4)c3)c3c2n1-c1ccccc1S3(=O)=O. The van der Waals surface area contributed by atoms with Gasteiger partial charge in [-0.3, -0.25) is 4.57 Å². The third-order valence-electron chi connectivity index (χ3n) is 7.28. The van der Waals surface area contributed by atoms with Crippen molar-refractivity contribution in [2.45, 2.75) is 23.1 Å². The minimum atomic E-state index is -3.80. The summed E-state index contributed by atoms with van der Waals surface area (Å²) in [6.07, 6.45) is 0.694. The van der Waals surface area contributed by atoms with Gasteiger partial charge >= 0.3 is 0 Å². The zero-order valence-corrected chi connectivity index (χ0v) is 21.6. The van der Waals surface area contributed by atoms with Crippen molar-refractivity contribution in [3.8, 4) is 39.1 Å². The molecule has 7 rings (SSSR count). The van der Waals surface area contributed by atoms with Crippen molar-refractivity contribution in [2.24, 2.45) is 0 Å². The Balaban J connectivity index is 1.58. The maximum absolute atomic E-state index is 14.2. The molecule has 6 aromatic rings. The summed E-state index contributed by atoms with van der Waals surface area (Å²) in [5.41, 5.74) is 7.78. The van der Waals surface area contributed by atoms with E-state index in [4.69, 9.17) is 4.98 Å². The van der Waals surface area contributed by atoms with Gasteiger partial charge in [-0.2, -0.15) is 0 Å². The first-order chi connectivity index (χ1) is 18.6. The Morgan fingerprint density at radius 1 is 0.658 bits per heavy atom. The number of hydrogen-bond donors (Lipinski definition) is 0. The van der Waals surface area contributed by atoms with E-state index in [1.54, 1.807) is 12.1 Å². The molecule has 0 radical (unpaired) electrons. The predicted molar refractivity (Wildman–Crippen MR) is 152 cm³/mol. The molecule has 0 spiro atoms. The van der Waals surface area contributed by atoms with Gasteiger partial charge in [-0.15, -0.1) is 0 Å². The minimum Gasteiger partial charge on any atom is -0.294 e. The topological polar surface area (TPSA) is 52.0 Å². The van der Waals surface area contributed by atoms with Gasteiger partial charge in [0.15, 0.2) is 0 Å². The third-order valence-corrected chi connectivity index (χ3v) is 9.16. The lowest BCUT2D eigenvalue weighted by molar-refractivity contribution is 0.594. The van der Waals surface area contributed by atoms with Crippen LogP contribution in [-0.4, -0.2) is 18.0 Å². The Bertz CT molecular complexity index is 1900. The molecule has 0 fully saturated rings. The molecule has 184 valence electrons. The van der Waals surface area contributed by atoms with Crippen LogP contribution < -0.4 is 0 Å². The first kappa shape index (κ1) is 22.7. The number of aryl methyl sites for hydroxylation is 1. The van der Waals surface area contributed by atoms with Crippen molar-refractivity contribution >= 4 is 20.9 Å². The van der Waals surface area contributed by atoms with Crippen LogP contribution in [-0.2, 0) is 16.3 Å². The molecule has 1 aromatic heterocycles. The highest BCUT2D eigenvalue weighted by Crippen LogP contribution is 2.45. The number of aromatic nitrogens is 2. The Morgan fingerprint density at radius 3 is 1.87 bits per heavy atom. The van der Waals surface area contributed by atoms with Crippen LogP contribution in [0.4, 0.5) is 0 Å². The molecule has 0 atom stereocenters. The van der Waals surface area contributed by atoms with Crippen LogP contribution in [0.15, 0.2) is 125 Å². The standard InChI is InChI=1S/C33H24N2O2S/c1-2-31-34-28-18-17-27(33-32(28)35(31)29-15-9-10-16-30(29)38(33,36)37)26-20-24(22-11-5-3-6-12-22)19-25(21-26)23-13-7-4-8-14-23/h3-21H,2H2,1H3. The van der Waals surface area contributed by atoms with E-state index < -0.39 is 9.84 Å². The number of hydrogen-bond acceptors (Lipinski definition) is 3. The van der Waals surface area contributed by atoms with Crippen LogP contribution in [0, 0.1) is 0 Å². The van der Waals surface area contributed by atoms with Crippen molar-refractivity contribution in [2.75, 3.05) is 0 Å². The summed E-state index contributed by atoms with van der Waals surface area (Å²) in [5.74, 6) is 0.851. The summed E-state index contributed by atoms with van der Waals surface area (Å²) < 4.78 is 30.5. The van der Waals surface area contributed by atoms with Gasteiger partial charge < -0.3 is 0 Å². The lowest BCUT2D eigenvalue weighted by Gasteiger charge is -2.23. The molecule has 5 aromatic carbocycles. The summed E-state index contributed by atoms with van der Waals surface area (Å²) in [7, 11) is -3.80. The van der Waals surface area contributed by atoms with Crippen LogP contribution in [0.1, 0.15) is 12.7 Å². The smallest absolute Gasteiger partial charge is 0.211 e. The lowest BCUT2D eigenvalue weighted by atomic mass is 9.93. The van der Waals surface area contributed by atoms with Gasteiger partial charge in [0.25, 0.3) is 0 Å². The van der Waals surface area contributed by atoms with Crippen molar-refractivity contribution in [3.63, 3.8) is 0 Å². The first-order valence-corrected chi connectivity index (χ1v) is 14.2. The Kier molecular flexibility index (Phi) is 5.10. The lowest BCUT2D eigenvalue weighted by Crippen LogP contribution is -2.16. The van der Waals surface area contributed by atoms with Crippen LogP contribution in [0.25, 0.3) is 50.1 Å². The maximum atomic E-state index is 14.2. The van der Waals surface area contributed by atoms with Gasteiger partial charge in [0.1, 0.15) is 10.7 Å². The van der Waals surface area contributed by atoms with Crippen LogP contribution >= 0.6 is 0 Å². The second-order valence-electron chi connectivity index (χ2n) is 9.53. The second-order valence-corrected chi connectivity index (χ2v) is 11.4. The molecule has 0 N–H and O–H groups in total. The number of imidazole rings is 1. The number of rotatable bonds is 4. The molecule has 0 saturated heterocycles. The van der Waals surface area contributed by atoms with Crippen molar-refractivity contribution in [1.29, 1.82) is 0 Å². The molecular weight excluding hydrogens is 488 g/mol. The Labute approximate surface area is 221 Å². The predicted octanol–water partition coefficient (Wildman–Crippen LogP) is 7.74. The molecule has 0 amide bonds. The molecule has 4 nitrogen and oxygen atoms in total. The zero-order chi connectivity index (χ0) is 25.9. The van der Waals surface area contributed by atoms with Crippen LogP contribution in [0.3, 0.4) is 0 Å². The molecule has 0 saturated carbocycles. The number of benzene rings is 5. The fourth-order valence-electron chi connectivity index (χ4n) is 5.54. The summed E-state index contributed by atoms with van der Waals surface area (Å²) in [4.78, 5) is 5.47. The van der Waals surface area contributed by atoms with Crippen molar-refractivity contribution < 1.29 is 8.42 Å². The van der Waals surface area contributed by atoms with E-state index >= 15 is 0 Å². The van der Waals surface area contributed by atoms with Gasteiger partial charge in [0.2, 0.25) is 9.84 Å². The molecule has 5 heteroatoms. The second kappa shape index (κ2) is 8.54. The van der Waals surface area contributed by atoms with E-state index in [1.165, 1.54) is 0 Å². The van der Waals surface area contributed by atoms with E-state index in [0.29, 0.717) is 38.5 Å². The number of fused-ring (bicyclic) bond motifs is 2. The van der Waals surface area contributed by atoms with Gasteiger partial charge in [-0.25, -0.2) is 13.4 Å². The van der Waals surface area contributed by atoms with E-state index in [2.05, 4.69) is 42.5 Å². The van der Waals surface area contributed by atoms with Crippen LogP contribution in [0.2, 0.25) is 0 Å². The van der Waals surface area contributed by atoms with Gasteiger partial charge in [-0.1, -0.05) is 85.8 Å².